The van der Waals surface area contributed by atoms with Gasteiger partial charge in [-0.05, 0) is 94.4 Å². The average molecular weight is 464 g/mol. The molecule has 2 aromatic rings. The van der Waals surface area contributed by atoms with Crippen molar-refractivity contribution in [1.82, 2.24) is 10.6 Å². The summed E-state index contributed by atoms with van der Waals surface area (Å²) in [5, 5.41) is 5.99. The first-order chi connectivity index (χ1) is 16.5. The van der Waals surface area contributed by atoms with Crippen LogP contribution in [0.15, 0.2) is 85.7 Å². The third-order valence-corrected chi connectivity index (χ3v) is 5.15. The highest BCUT2D eigenvalue weighted by atomic mass is 16.5. The number of unbranched alkanes of at least 4 members (excludes halogenated alkanes) is 1. The van der Waals surface area contributed by atoms with E-state index in [1.807, 2.05) is 37.4 Å². The Morgan fingerprint density at radius 1 is 1.12 bits per heavy atom. The number of rotatable bonds is 13. The molecule has 0 aliphatic carbocycles. The van der Waals surface area contributed by atoms with Gasteiger partial charge in [0, 0.05) is 5.69 Å². The Balaban J connectivity index is 0.000000605. The van der Waals surface area contributed by atoms with Crippen molar-refractivity contribution in [2.75, 3.05) is 25.2 Å². The zero-order valence-electron chi connectivity index (χ0n) is 21.3. The van der Waals surface area contributed by atoms with Crippen LogP contribution < -0.4 is 20.3 Å². The van der Waals surface area contributed by atoms with Crippen molar-refractivity contribution in [3.8, 4) is 5.75 Å². The van der Waals surface area contributed by atoms with E-state index >= 15 is 0 Å². The number of hydrogen-bond acceptors (Lipinski definition) is 4. The van der Waals surface area contributed by atoms with Crippen LogP contribution in [0.4, 0.5) is 5.69 Å². The molecule has 34 heavy (non-hydrogen) atoms. The SMILES string of the molecule is C=CN/C=C(\C)CCCCOc1ccc(N(CNC)C(=O)C=C)cc1C.CCc1ccccc1. The number of benzene rings is 2. The van der Waals surface area contributed by atoms with Gasteiger partial charge in [0.2, 0.25) is 0 Å². The van der Waals surface area contributed by atoms with Crippen molar-refractivity contribution in [1.29, 1.82) is 0 Å². The van der Waals surface area contributed by atoms with Gasteiger partial charge in [0.25, 0.3) is 5.91 Å². The largest absolute Gasteiger partial charge is 0.493 e. The zero-order chi connectivity index (χ0) is 25.2. The minimum atomic E-state index is -0.137. The number of hydrogen-bond donors (Lipinski definition) is 2. The lowest BCUT2D eigenvalue weighted by Crippen LogP contribution is -2.36. The van der Waals surface area contributed by atoms with Gasteiger partial charge >= 0.3 is 0 Å². The zero-order valence-corrected chi connectivity index (χ0v) is 21.3. The number of amides is 1. The van der Waals surface area contributed by atoms with Crippen LogP contribution in [-0.4, -0.2) is 26.2 Å². The first-order valence-electron chi connectivity index (χ1n) is 11.8. The third kappa shape index (κ3) is 11.0. The van der Waals surface area contributed by atoms with E-state index in [2.05, 4.69) is 61.9 Å². The van der Waals surface area contributed by atoms with Gasteiger partial charge in [0.1, 0.15) is 5.75 Å². The summed E-state index contributed by atoms with van der Waals surface area (Å²) < 4.78 is 5.89. The Morgan fingerprint density at radius 2 is 1.85 bits per heavy atom. The molecule has 0 fully saturated rings. The molecule has 0 heterocycles. The molecule has 5 heteroatoms. The summed E-state index contributed by atoms with van der Waals surface area (Å²) in [5.74, 6) is 0.714. The summed E-state index contributed by atoms with van der Waals surface area (Å²) in [7, 11) is 1.80. The second-order valence-corrected chi connectivity index (χ2v) is 7.94. The van der Waals surface area contributed by atoms with Gasteiger partial charge in [0.15, 0.2) is 0 Å². The van der Waals surface area contributed by atoms with Crippen molar-refractivity contribution >= 4 is 11.6 Å². The lowest BCUT2D eigenvalue weighted by Gasteiger charge is -2.22. The number of carbonyl (C=O) groups is 1. The summed E-state index contributed by atoms with van der Waals surface area (Å²) in [6, 6.07) is 16.2. The maximum Gasteiger partial charge on any atom is 0.251 e. The Morgan fingerprint density at radius 3 is 2.41 bits per heavy atom. The normalized spacial score (nSPS) is 10.5. The standard InChI is InChI=1S/C21H31N3O2.C8H10/c1-6-21(25)24(16-22-5)19-11-12-20(18(4)14-19)26-13-9-8-10-17(3)15-23-7-2;1-2-8-6-4-3-5-7-8/h6-7,11-12,14-15,22-23H,1-2,8-10,13,16H2,3-5H3;3-7H,2H2,1H3/b17-15+;. The number of ether oxygens (including phenoxy) is 1. The fourth-order valence-electron chi connectivity index (χ4n) is 3.20. The first-order valence-corrected chi connectivity index (χ1v) is 11.8. The predicted octanol–water partition coefficient (Wildman–Crippen LogP) is 6.13. The highest BCUT2D eigenvalue weighted by Crippen LogP contribution is 2.25. The third-order valence-electron chi connectivity index (χ3n) is 5.15. The second-order valence-electron chi connectivity index (χ2n) is 7.94. The van der Waals surface area contributed by atoms with E-state index in [0.29, 0.717) is 13.3 Å². The van der Waals surface area contributed by atoms with Crippen molar-refractivity contribution in [2.45, 2.75) is 46.5 Å². The number of nitrogens with zero attached hydrogens (tertiary/aromatic N) is 1. The van der Waals surface area contributed by atoms with Crippen LogP contribution in [0, 0.1) is 6.92 Å². The Kier molecular flexibility index (Phi) is 14.5. The number of nitrogens with one attached hydrogen (secondary N) is 2. The molecule has 0 saturated heterocycles. The Hall–Kier alpha value is -3.31. The lowest BCUT2D eigenvalue weighted by molar-refractivity contribution is -0.114. The number of carbonyl (C=O) groups excluding carboxylic acids is 1. The fraction of sp³-hybridized carbons (Fsp3) is 0.345. The van der Waals surface area contributed by atoms with E-state index in [4.69, 9.17) is 4.74 Å². The molecule has 0 aromatic heterocycles. The minimum Gasteiger partial charge on any atom is -0.493 e. The van der Waals surface area contributed by atoms with Crippen LogP contribution in [-0.2, 0) is 11.2 Å². The molecule has 2 N–H and O–H groups in total. The van der Waals surface area contributed by atoms with E-state index in [-0.39, 0.29) is 5.91 Å². The van der Waals surface area contributed by atoms with Gasteiger partial charge in [-0.15, -0.1) is 0 Å². The first kappa shape index (κ1) is 28.7. The Labute approximate surface area is 206 Å². The summed E-state index contributed by atoms with van der Waals surface area (Å²) in [6.45, 7) is 14.5. The van der Waals surface area contributed by atoms with E-state index in [1.54, 1.807) is 18.1 Å². The molecule has 5 nitrogen and oxygen atoms in total. The number of aryl methyl sites for hydroxylation is 2. The molecule has 0 spiro atoms. The van der Waals surface area contributed by atoms with Crippen LogP contribution >= 0.6 is 0 Å². The lowest BCUT2D eigenvalue weighted by atomic mass is 10.1. The summed E-state index contributed by atoms with van der Waals surface area (Å²) in [6.07, 6.45) is 9.19. The molecule has 1 amide bonds. The quantitative estimate of drug-likeness (QED) is 0.213. The van der Waals surface area contributed by atoms with Gasteiger partial charge in [-0.2, -0.15) is 0 Å². The second kappa shape index (κ2) is 17.2. The summed E-state index contributed by atoms with van der Waals surface area (Å²) in [4.78, 5) is 13.6. The van der Waals surface area contributed by atoms with E-state index in [0.717, 1.165) is 42.7 Å². The van der Waals surface area contributed by atoms with Crippen molar-refractivity contribution in [3.05, 3.63) is 96.9 Å². The molecular weight excluding hydrogens is 422 g/mol. The maximum absolute atomic E-state index is 12.0. The van der Waals surface area contributed by atoms with Crippen molar-refractivity contribution in [2.24, 2.45) is 0 Å². The predicted molar refractivity (Wildman–Crippen MR) is 145 cm³/mol. The minimum absolute atomic E-state index is 0.137. The summed E-state index contributed by atoms with van der Waals surface area (Å²) >= 11 is 0. The molecule has 0 unspecified atom stereocenters. The molecule has 0 atom stereocenters. The number of allylic oxidation sites excluding steroid dienone is 1. The molecule has 0 saturated carbocycles. The molecule has 0 aliphatic heterocycles. The molecule has 2 aromatic carbocycles. The van der Waals surface area contributed by atoms with Crippen LogP contribution in [0.2, 0.25) is 0 Å². The van der Waals surface area contributed by atoms with E-state index in [1.165, 1.54) is 17.2 Å². The highest BCUT2D eigenvalue weighted by molar-refractivity contribution is 6.01. The van der Waals surface area contributed by atoms with E-state index in [9.17, 15) is 4.79 Å². The highest BCUT2D eigenvalue weighted by Gasteiger charge is 2.13. The van der Waals surface area contributed by atoms with Crippen LogP contribution in [0.3, 0.4) is 0 Å². The van der Waals surface area contributed by atoms with Crippen LogP contribution in [0.5, 0.6) is 5.75 Å². The fourth-order valence-corrected chi connectivity index (χ4v) is 3.20. The number of anilines is 1. The molecule has 184 valence electrons. The van der Waals surface area contributed by atoms with Gasteiger partial charge in [-0.1, -0.05) is 56.0 Å². The molecule has 0 bridgehead atoms. The van der Waals surface area contributed by atoms with Gasteiger partial charge in [-0.3, -0.25) is 9.69 Å². The smallest absolute Gasteiger partial charge is 0.251 e. The average Bonchev–Trinajstić information content (AvgIpc) is 2.87. The van der Waals surface area contributed by atoms with Gasteiger partial charge in [0.05, 0.1) is 13.3 Å². The molecule has 0 radical (unpaired) electrons. The molecule has 0 aliphatic rings. The maximum atomic E-state index is 12.0. The molecule has 2 rings (SSSR count). The Bertz CT molecular complexity index is 907. The van der Waals surface area contributed by atoms with Crippen molar-refractivity contribution < 1.29 is 9.53 Å². The molecular formula is C29H41N3O2. The summed E-state index contributed by atoms with van der Waals surface area (Å²) in [5.41, 5.74) is 4.53. The van der Waals surface area contributed by atoms with Crippen LogP contribution in [0.1, 0.15) is 44.2 Å². The topological polar surface area (TPSA) is 53.6 Å². The monoisotopic (exact) mass is 463 g/mol. The van der Waals surface area contributed by atoms with E-state index < -0.39 is 0 Å². The van der Waals surface area contributed by atoms with Gasteiger partial charge in [-0.25, -0.2) is 0 Å². The van der Waals surface area contributed by atoms with Gasteiger partial charge < -0.3 is 15.4 Å². The van der Waals surface area contributed by atoms with Crippen LogP contribution in [0.25, 0.3) is 0 Å². The van der Waals surface area contributed by atoms with Crippen molar-refractivity contribution in [3.63, 3.8) is 0 Å².